The molecule has 3 N–H and O–H groups in total. The van der Waals surface area contributed by atoms with Crippen molar-refractivity contribution < 1.29 is 8.42 Å². The maximum atomic E-state index is 12.6. The summed E-state index contributed by atoms with van der Waals surface area (Å²) in [6.45, 7) is 3.07. The van der Waals surface area contributed by atoms with Gasteiger partial charge in [0.2, 0.25) is 10.0 Å². The second-order valence-corrected chi connectivity index (χ2v) is 14.0. The molecule has 8 nitrogen and oxygen atoms in total. The zero-order valence-corrected chi connectivity index (χ0v) is 23.3. The summed E-state index contributed by atoms with van der Waals surface area (Å²) in [6.07, 6.45) is 10.7. The van der Waals surface area contributed by atoms with Crippen LogP contribution in [0.15, 0.2) is 36.5 Å². The van der Waals surface area contributed by atoms with Crippen molar-refractivity contribution in [3.05, 3.63) is 47.8 Å². The number of aromatic nitrogens is 2. The first kappa shape index (κ1) is 25.2. The number of nitrogens with zero attached hydrogens (tertiary/aromatic N) is 4. The number of hydrogen-bond donors (Lipinski definition) is 2. The quantitative estimate of drug-likeness (QED) is 0.480. The van der Waals surface area contributed by atoms with Crippen LogP contribution in [0.3, 0.4) is 0 Å². The number of rotatable bonds is 6. The van der Waals surface area contributed by atoms with E-state index in [4.69, 9.17) is 10.7 Å². The highest BCUT2D eigenvalue weighted by atomic mass is 32.2. The Balaban J connectivity index is 1.15. The molecule has 1 saturated carbocycles. The first-order valence-corrected chi connectivity index (χ1v) is 16.1. The Kier molecular flexibility index (Phi) is 6.48. The lowest BCUT2D eigenvalue weighted by Crippen LogP contribution is -2.43. The third kappa shape index (κ3) is 4.89. The average molecular weight is 547 g/mol. The number of hydrogen-bond acceptors (Lipinski definition) is 7. The summed E-state index contributed by atoms with van der Waals surface area (Å²) in [4.78, 5) is 12.2. The fourth-order valence-corrected chi connectivity index (χ4v) is 8.53. The predicted molar refractivity (Wildman–Crippen MR) is 157 cm³/mol. The first-order chi connectivity index (χ1) is 19.0. The number of anilines is 2. The minimum absolute atomic E-state index is 0.134. The molecule has 2 aromatic heterocycles. The van der Waals surface area contributed by atoms with Crippen molar-refractivity contribution in [2.24, 2.45) is 5.73 Å². The zero-order valence-electron chi connectivity index (χ0n) is 22.5. The van der Waals surface area contributed by atoms with Gasteiger partial charge in [0.1, 0.15) is 5.82 Å². The highest BCUT2D eigenvalue weighted by Crippen LogP contribution is 2.39. The summed E-state index contributed by atoms with van der Waals surface area (Å²) in [7, 11) is -3.09. The molecule has 0 amide bonds. The Labute approximate surface area is 231 Å². The van der Waals surface area contributed by atoms with Gasteiger partial charge >= 0.3 is 0 Å². The fraction of sp³-hybridized carbons (Fsp3) is 0.533. The van der Waals surface area contributed by atoms with Crippen LogP contribution in [-0.4, -0.2) is 66.2 Å². The molecule has 0 radical (unpaired) electrons. The predicted octanol–water partition coefficient (Wildman–Crippen LogP) is 4.08. The van der Waals surface area contributed by atoms with Crippen LogP contribution in [0.2, 0.25) is 0 Å². The van der Waals surface area contributed by atoms with E-state index in [1.165, 1.54) is 35.2 Å². The van der Waals surface area contributed by atoms with Crippen LogP contribution in [-0.2, 0) is 22.9 Å². The van der Waals surface area contributed by atoms with Gasteiger partial charge in [-0.05, 0) is 98.7 Å². The van der Waals surface area contributed by atoms with Crippen molar-refractivity contribution in [2.75, 3.05) is 36.4 Å². The molecule has 4 aliphatic rings. The van der Waals surface area contributed by atoms with Crippen LogP contribution >= 0.6 is 0 Å². The molecular formula is C30H38N6O2S. The number of nitrogens with one attached hydrogen (secondary N) is 1. The molecule has 2 aliphatic heterocycles. The SMILES string of the molecule is N[C@H]1CCN(c2c3c(nc4ccc(-c5ccnc(NC6CCN(S(=O)(=O)C7CC7)CC6)c5)cc24)CCCC3)C1. The summed E-state index contributed by atoms with van der Waals surface area (Å²) < 4.78 is 26.9. The lowest BCUT2D eigenvalue weighted by atomic mass is 9.91. The van der Waals surface area contributed by atoms with Gasteiger partial charge in [-0.1, -0.05) is 6.07 Å². The van der Waals surface area contributed by atoms with Crippen LogP contribution in [0, 0.1) is 0 Å². The van der Waals surface area contributed by atoms with Crippen molar-refractivity contribution in [3.63, 3.8) is 0 Å². The van der Waals surface area contributed by atoms with Gasteiger partial charge in [0.25, 0.3) is 0 Å². The van der Waals surface area contributed by atoms with Gasteiger partial charge < -0.3 is 16.0 Å². The molecule has 9 heteroatoms. The molecule has 3 fully saturated rings. The summed E-state index contributed by atoms with van der Waals surface area (Å²) in [5.74, 6) is 0.838. The van der Waals surface area contributed by atoms with Crippen LogP contribution < -0.4 is 16.0 Å². The van der Waals surface area contributed by atoms with Gasteiger partial charge in [0, 0.05) is 55.5 Å². The van der Waals surface area contributed by atoms with E-state index >= 15 is 0 Å². The Bertz CT molecular complexity index is 1500. The Morgan fingerprint density at radius 1 is 0.923 bits per heavy atom. The Morgan fingerprint density at radius 2 is 1.72 bits per heavy atom. The number of sulfonamides is 1. The molecule has 1 atom stereocenters. The van der Waals surface area contributed by atoms with E-state index in [0.29, 0.717) is 13.1 Å². The third-order valence-electron chi connectivity index (χ3n) is 8.98. The number of pyridine rings is 2. The van der Waals surface area contributed by atoms with E-state index in [-0.39, 0.29) is 17.3 Å². The first-order valence-electron chi connectivity index (χ1n) is 14.6. The minimum atomic E-state index is -3.09. The normalized spacial score (nSPS) is 22.8. The topological polar surface area (TPSA) is 104 Å². The van der Waals surface area contributed by atoms with Gasteiger partial charge in [0.05, 0.1) is 16.5 Å². The standard InChI is InChI=1S/C30H38N6O2S/c31-22-10-14-35(19-22)30-25-3-1-2-4-27(25)34-28-8-5-20(17-26(28)30)21-9-13-32-29(18-21)33-23-11-15-36(16-12-23)39(37,38)24-6-7-24/h5,8-9,13,17-18,22-24H,1-4,6-7,10-12,14-16,19,31H2,(H,32,33)/t22-/m0/s1. The summed E-state index contributed by atoms with van der Waals surface area (Å²) >= 11 is 0. The van der Waals surface area contributed by atoms with Crippen LogP contribution in [0.1, 0.15) is 56.2 Å². The Morgan fingerprint density at radius 3 is 2.49 bits per heavy atom. The lowest BCUT2D eigenvalue weighted by molar-refractivity contribution is 0.329. The summed E-state index contributed by atoms with van der Waals surface area (Å²) in [5, 5.41) is 4.67. The summed E-state index contributed by atoms with van der Waals surface area (Å²) in [6, 6.07) is 11.3. The highest BCUT2D eigenvalue weighted by molar-refractivity contribution is 7.90. The van der Waals surface area contributed by atoms with E-state index in [1.54, 1.807) is 4.31 Å². The molecule has 4 heterocycles. The number of piperidine rings is 1. The molecule has 39 heavy (non-hydrogen) atoms. The average Bonchev–Trinajstić information content (AvgIpc) is 3.74. The zero-order chi connectivity index (χ0) is 26.6. The number of aryl methyl sites for hydroxylation is 1. The molecule has 0 unspecified atom stereocenters. The van der Waals surface area contributed by atoms with Gasteiger partial charge in [0.15, 0.2) is 0 Å². The largest absolute Gasteiger partial charge is 0.369 e. The molecule has 2 aliphatic carbocycles. The van der Waals surface area contributed by atoms with Crippen molar-refractivity contribution in [1.29, 1.82) is 0 Å². The smallest absolute Gasteiger partial charge is 0.216 e. The summed E-state index contributed by atoms with van der Waals surface area (Å²) in [5.41, 5.74) is 13.7. The number of nitrogens with two attached hydrogens (primary N) is 1. The second-order valence-electron chi connectivity index (χ2n) is 11.8. The van der Waals surface area contributed by atoms with E-state index in [9.17, 15) is 8.42 Å². The van der Waals surface area contributed by atoms with Crippen molar-refractivity contribution >= 4 is 32.4 Å². The van der Waals surface area contributed by atoms with E-state index in [0.717, 1.165) is 80.5 Å². The van der Waals surface area contributed by atoms with E-state index in [1.807, 2.05) is 6.20 Å². The maximum absolute atomic E-state index is 12.6. The van der Waals surface area contributed by atoms with Crippen molar-refractivity contribution in [3.8, 4) is 11.1 Å². The monoisotopic (exact) mass is 546 g/mol. The minimum Gasteiger partial charge on any atom is -0.369 e. The highest BCUT2D eigenvalue weighted by Gasteiger charge is 2.41. The molecular weight excluding hydrogens is 508 g/mol. The molecule has 0 spiro atoms. The number of fused-ring (bicyclic) bond motifs is 2. The van der Waals surface area contributed by atoms with Crippen molar-refractivity contribution in [2.45, 2.75) is 75.1 Å². The van der Waals surface area contributed by atoms with Crippen LogP contribution in [0.4, 0.5) is 11.5 Å². The Hall–Kier alpha value is -2.75. The van der Waals surface area contributed by atoms with Crippen molar-refractivity contribution in [1.82, 2.24) is 14.3 Å². The van der Waals surface area contributed by atoms with E-state index in [2.05, 4.69) is 45.5 Å². The van der Waals surface area contributed by atoms with Crippen LogP contribution in [0.25, 0.3) is 22.0 Å². The fourth-order valence-electron chi connectivity index (χ4n) is 6.66. The van der Waals surface area contributed by atoms with E-state index < -0.39 is 10.0 Å². The van der Waals surface area contributed by atoms with Gasteiger partial charge in [-0.2, -0.15) is 0 Å². The maximum Gasteiger partial charge on any atom is 0.216 e. The third-order valence-corrected chi connectivity index (χ3v) is 11.4. The molecule has 206 valence electrons. The van der Waals surface area contributed by atoms with Gasteiger partial charge in [-0.3, -0.25) is 4.98 Å². The lowest BCUT2D eigenvalue weighted by Gasteiger charge is -2.32. The molecule has 0 bridgehead atoms. The van der Waals surface area contributed by atoms with Crippen LogP contribution in [0.5, 0.6) is 0 Å². The molecule has 3 aromatic rings. The molecule has 7 rings (SSSR count). The van der Waals surface area contributed by atoms with Gasteiger partial charge in [-0.15, -0.1) is 0 Å². The number of benzene rings is 1. The molecule has 1 aromatic carbocycles. The second kappa shape index (κ2) is 10.0. The molecule has 2 saturated heterocycles. The van der Waals surface area contributed by atoms with Gasteiger partial charge in [-0.25, -0.2) is 17.7 Å².